The Morgan fingerprint density at radius 1 is 0.562 bits per heavy atom. The zero-order valence-corrected chi connectivity index (χ0v) is 19.8. The zero-order valence-electron chi connectivity index (χ0n) is 19.8. The van der Waals surface area contributed by atoms with Crippen molar-refractivity contribution in [2.24, 2.45) is 5.41 Å². The van der Waals surface area contributed by atoms with Crippen molar-refractivity contribution in [1.29, 1.82) is 0 Å². The van der Waals surface area contributed by atoms with Crippen LogP contribution in [0.3, 0.4) is 0 Å². The molecule has 0 radical (unpaired) electrons. The molecule has 0 unspecified atom stereocenters. The fourth-order valence-electron chi connectivity index (χ4n) is 3.12. The number of aliphatic carboxylic acids is 2. The molecule has 0 aromatic heterocycles. The van der Waals surface area contributed by atoms with Gasteiger partial charge in [-0.15, -0.1) is 0 Å². The van der Waals surface area contributed by atoms with Crippen LogP contribution in [0.2, 0.25) is 0 Å². The van der Waals surface area contributed by atoms with Gasteiger partial charge < -0.3 is 10.2 Å². The average molecular weight is 439 g/mol. The summed E-state index contributed by atoms with van der Waals surface area (Å²) >= 11 is 0. The molecule has 0 aromatic rings. The van der Waals surface area contributed by atoms with E-state index in [9.17, 15) is 19.8 Å². The summed E-state index contributed by atoms with van der Waals surface area (Å²) in [6.07, 6.45) is 11.7. The van der Waals surface area contributed by atoms with Gasteiger partial charge in [0.2, 0.25) is 0 Å². The molecule has 0 amide bonds. The van der Waals surface area contributed by atoms with Gasteiger partial charge in [-0.25, -0.2) is 0 Å². The van der Waals surface area contributed by atoms with Gasteiger partial charge in [0.15, 0.2) is 5.41 Å². The average Bonchev–Trinajstić information content (AvgIpc) is 2.76. The minimum absolute atomic E-state index is 0.00395. The molecule has 0 aliphatic heterocycles. The Labute approximate surface area is 195 Å². The summed E-state index contributed by atoms with van der Waals surface area (Å²) in [6.45, 7) is 4.12. The molecular formula is C28H38O4. The third-order valence-electron chi connectivity index (χ3n) is 5.13. The molecular weight excluding hydrogens is 400 g/mol. The van der Waals surface area contributed by atoms with Crippen LogP contribution in [-0.4, -0.2) is 22.2 Å². The topological polar surface area (TPSA) is 74.6 Å². The van der Waals surface area contributed by atoms with Crippen molar-refractivity contribution in [2.45, 2.75) is 110 Å². The molecule has 32 heavy (non-hydrogen) atoms. The molecule has 0 aliphatic carbocycles. The first-order chi connectivity index (χ1) is 15.5. The van der Waals surface area contributed by atoms with Crippen LogP contribution in [-0.2, 0) is 9.59 Å². The van der Waals surface area contributed by atoms with E-state index in [0.29, 0.717) is 6.42 Å². The summed E-state index contributed by atoms with van der Waals surface area (Å²) in [6, 6.07) is 0. The lowest BCUT2D eigenvalue weighted by atomic mass is 9.78. The van der Waals surface area contributed by atoms with Crippen molar-refractivity contribution in [2.75, 3.05) is 0 Å². The second kappa shape index (κ2) is 20.1. The number of carboxylic acids is 2. The smallest absolute Gasteiger partial charge is 0.321 e. The highest BCUT2D eigenvalue weighted by Gasteiger charge is 2.45. The molecule has 4 heteroatoms. The molecule has 0 aromatic carbocycles. The molecule has 0 bridgehead atoms. The van der Waals surface area contributed by atoms with Crippen LogP contribution in [0.15, 0.2) is 0 Å². The van der Waals surface area contributed by atoms with Gasteiger partial charge in [-0.1, -0.05) is 76.1 Å². The van der Waals surface area contributed by atoms with E-state index in [0.717, 1.165) is 70.6 Å². The lowest BCUT2D eigenvalue weighted by Crippen LogP contribution is -2.39. The highest BCUT2D eigenvalue weighted by Crippen LogP contribution is 2.32. The van der Waals surface area contributed by atoms with Crippen LogP contribution in [0.1, 0.15) is 110 Å². The Morgan fingerprint density at radius 3 is 1.44 bits per heavy atom. The standard InChI is InChI=1S/C28H38O4/c1-3-5-7-9-11-12-13-14-15-16-17-19-21-23-25-28(26(29)30,27(31)32)24-22-20-18-10-8-6-4-2/h3-6,13-17,19,21-25H2,1-2H3,(H,29,30)(H,31,32). The van der Waals surface area contributed by atoms with Crippen LogP contribution in [0.25, 0.3) is 0 Å². The number of carboxylic acid groups (broad SMARTS) is 2. The second-order valence-electron chi connectivity index (χ2n) is 7.87. The Hall–Kier alpha value is -2.82. The molecule has 0 rings (SSSR count). The molecule has 0 fully saturated rings. The van der Waals surface area contributed by atoms with Crippen LogP contribution < -0.4 is 0 Å². The fourth-order valence-corrected chi connectivity index (χ4v) is 3.12. The van der Waals surface area contributed by atoms with Crippen LogP contribution >= 0.6 is 0 Å². The minimum atomic E-state index is -1.76. The first-order valence-electron chi connectivity index (χ1n) is 11.9. The molecule has 0 spiro atoms. The van der Waals surface area contributed by atoms with Crippen molar-refractivity contribution in [1.82, 2.24) is 0 Å². The zero-order chi connectivity index (χ0) is 23.9. The summed E-state index contributed by atoms with van der Waals surface area (Å²) in [5, 5.41) is 19.2. The molecule has 0 aliphatic rings. The van der Waals surface area contributed by atoms with E-state index in [2.05, 4.69) is 54.3 Å². The first kappa shape index (κ1) is 29.2. The van der Waals surface area contributed by atoms with Gasteiger partial charge >= 0.3 is 11.9 Å². The molecule has 0 atom stereocenters. The molecule has 174 valence electrons. The van der Waals surface area contributed by atoms with E-state index in [4.69, 9.17) is 0 Å². The lowest BCUT2D eigenvalue weighted by Gasteiger charge is -2.24. The van der Waals surface area contributed by atoms with Gasteiger partial charge in [-0.05, 0) is 55.8 Å². The summed E-state index contributed by atoms with van der Waals surface area (Å²) < 4.78 is 0. The minimum Gasteiger partial charge on any atom is -0.480 e. The maximum atomic E-state index is 11.8. The number of unbranched alkanes of at least 4 members (excludes halogenated alkanes) is 9. The lowest BCUT2D eigenvalue weighted by molar-refractivity contribution is -0.165. The maximum absolute atomic E-state index is 11.8. The van der Waals surface area contributed by atoms with E-state index < -0.39 is 17.4 Å². The number of rotatable bonds is 15. The highest BCUT2D eigenvalue weighted by atomic mass is 16.4. The van der Waals surface area contributed by atoms with Crippen LogP contribution in [0.5, 0.6) is 0 Å². The van der Waals surface area contributed by atoms with Crippen LogP contribution in [0, 0.1) is 52.8 Å². The highest BCUT2D eigenvalue weighted by molar-refractivity contribution is 5.98. The Kier molecular flexibility index (Phi) is 18.3. The molecule has 0 saturated heterocycles. The van der Waals surface area contributed by atoms with Crippen molar-refractivity contribution in [3.05, 3.63) is 0 Å². The van der Waals surface area contributed by atoms with Gasteiger partial charge in [0.25, 0.3) is 0 Å². The SMILES string of the molecule is CCCC#CC#CCCCCCCCCCC(CCC#CC#CCCC)(C(=O)O)C(=O)O. The summed E-state index contributed by atoms with van der Waals surface area (Å²) in [5.74, 6) is 20.3. The Balaban J connectivity index is 4.21. The maximum Gasteiger partial charge on any atom is 0.321 e. The van der Waals surface area contributed by atoms with Crippen LogP contribution in [0.4, 0.5) is 0 Å². The van der Waals surface area contributed by atoms with Crippen molar-refractivity contribution in [3.63, 3.8) is 0 Å². The monoisotopic (exact) mass is 438 g/mol. The van der Waals surface area contributed by atoms with Crippen molar-refractivity contribution in [3.8, 4) is 47.4 Å². The molecule has 2 N–H and O–H groups in total. The largest absolute Gasteiger partial charge is 0.480 e. The van der Waals surface area contributed by atoms with Gasteiger partial charge in [0, 0.05) is 25.7 Å². The summed E-state index contributed by atoms with van der Waals surface area (Å²) in [4.78, 5) is 23.5. The van der Waals surface area contributed by atoms with Gasteiger partial charge in [0.1, 0.15) is 0 Å². The van der Waals surface area contributed by atoms with Crippen molar-refractivity contribution >= 4 is 11.9 Å². The third-order valence-corrected chi connectivity index (χ3v) is 5.13. The number of carbonyl (C=O) groups is 2. The van der Waals surface area contributed by atoms with Gasteiger partial charge in [0.05, 0.1) is 0 Å². The predicted molar refractivity (Wildman–Crippen MR) is 129 cm³/mol. The molecule has 0 heterocycles. The van der Waals surface area contributed by atoms with Gasteiger partial charge in [-0.3, -0.25) is 9.59 Å². The Morgan fingerprint density at radius 2 is 0.969 bits per heavy atom. The van der Waals surface area contributed by atoms with E-state index >= 15 is 0 Å². The van der Waals surface area contributed by atoms with Gasteiger partial charge in [-0.2, -0.15) is 0 Å². The second-order valence-corrected chi connectivity index (χ2v) is 7.87. The Bertz CT molecular complexity index is 779. The quantitative estimate of drug-likeness (QED) is 0.185. The third kappa shape index (κ3) is 14.2. The summed E-state index contributed by atoms with van der Waals surface area (Å²) in [5.41, 5.74) is -1.76. The number of hydrogen-bond donors (Lipinski definition) is 2. The van der Waals surface area contributed by atoms with E-state index in [1.54, 1.807) is 0 Å². The van der Waals surface area contributed by atoms with E-state index in [1.165, 1.54) is 0 Å². The first-order valence-corrected chi connectivity index (χ1v) is 11.9. The van der Waals surface area contributed by atoms with E-state index in [-0.39, 0.29) is 19.3 Å². The molecule has 0 saturated carbocycles. The normalized spacial score (nSPS) is 9.69. The predicted octanol–water partition coefficient (Wildman–Crippen LogP) is 6.05. The number of hydrogen-bond acceptors (Lipinski definition) is 2. The summed E-state index contributed by atoms with van der Waals surface area (Å²) in [7, 11) is 0. The fraction of sp³-hybridized carbons (Fsp3) is 0.643. The molecule has 4 nitrogen and oxygen atoms in total. The van der Waals surface area contributed by atoms with E-state index in [1.807, 2.05) is 6.92 Å². The van der Waals surface area contributed by atoms with Crippen molar-refractivity contribution < 1.29 is 19.8 Å².